The van der Waals surface area contributed by atoms with Gasteiger partial charge in [0, 0.05) is 18.2 Å². The first-order valence-electron chi connectivity index (χ1n) is 8.19. The summed E-state index contributed by atoms with van der Waals surface area (Å²) in [5.74, 6) is -0.0770. The van der Waals surface area contributed by atoms with Gasteiger partial charge in [0.2, 0.25) is 0 Å². The Bertz CT molecular complexity index is 752. The van der Waals surface area contributed by atoms with Gasteiger partial charge in [-0.25, -0.2) is 0 Å². The molecule has 6 heteroatoms. The summed E-state index contributed by atoms with van der Waals surface area (Å²) >= 11 is 7.04. The fourth-order valence-electron chi connectivity index (χ4n) is 2.52. The first-order chi connectivity index (χ1) is 12.0. The van der Waals surface area contributed by atoms with E-state index in [9.17, 15) is 4.79 Å². The van der Waals surface area contributed by atoms with Crippen molar-refractivity contribution in [1.29, 1.82) is 0 Å². The molecule has 2 aromatic rings. The molecule has 2 N–H and O–H groups in total. The first-order valence-corrected chi connectivity index (χ1v) is 9.78. The highest BCUT2D eigenvalue weighted by Crippen LogP contribution is 2.36. The summed E-state index contributed by atoms with van der Waals surface area (Å²) in [7, 11) is 0. The molecule has 0 aromatic heterocycles. The number of ether oxygens (including phenoxy) is 1. The van der Waals surface area contributed by atoms with Gasteiger partial charge < -0.3 is 15.2 Å². The highest BCUT2D eigenvalue weighted by atomic mass is 79.9. The first kappa shape index (κ1) is 18.3. The summed E-state index contributed by atoms with van der Waals surface area (Å²) in [4.78, 5) is 10.7. The highest BCUT2D eigenvalue weighted by molar-refractivity contribution is 9.11. The van der Waals surface area contributed by atoms with Crippen LogP contribution in [0.15, 0.2) is 45.3 Å². The van der Waals surface area contributed by atoms with Crippen LogP contribution in [0.4, 0.5) is 5.69 Å². The minimum Gasteiger partial charge on any atom is -0.487 e. The van der Waals surface area contributed by atoms with E-state index in [1.807, 2.05) is 24.3 Å². The minimum absolute atomic E-state index is 0.111. The predicted molar refractivity (Wildman–Crippen MR) is 105 cm³/mol. The molecule has 3 rings (SSSR count). The Morgan fingerprint density at radius 2 is 1.88 bits per heavy atom. The van der Waals surface area contributed by atoms with Gasteiger partial charge in [-0.1, -0.05) is 12.1 Å². The second-order valence-electron chi connectivity index (χ2n) is 6.19. The third kappa shape index (κ3) is 5.47. The molecule has 0 atom stereocenters. The number of rotatable bonds is 8. The Balaban J connectivity index is 1.65. The van der Waals surface area contributed by atoms with E-state index in [1.54, 1.807) is 0 Å². The number of anilines is 1. The van der Waals surface area contributed by atoms with E-state index in [4.69, 9.17) is 9.84 Å². The number of aryl methyl sites for hydroxylation is 1. The lowest BCUT2D eigenvalue weighted by atomic mass is 10.1. The summed E-state index contributed by atoms with van der Waals surface area (Å²) in [6, 6.07) is 12.7. The molecule has 132 valence electrons. The molecule has 0 heterocycles. The van der Waals surface area contributed by atoms with E-state index >= 15 is 0 Å². The van der Waals surface area contributed by atoms with Crippen LogP contribution in [0.1, 0.15) is 30.4 Å². The lowest BCUT2D eigenvalue weighted by Crippen LogP contribution is -2.03. The third-order valence-electron chi connectivity index (χ3n) is 3.94. The molecule has 0 saturated heterocycles. The van der Waals surface area contributed by atoms with E-state index in [1.165, 1.54) is 12.8 Å². The van der Waals surface area contributed by atoms with Crippen LogP contribution < -0.4 is 10.1 Å². The van der Waals surface area contributed by atoms with Crippen molar-refractivity contribution >= 4 is 43.5 Å². The molecule has 1 aliphatic rings. The van der Waals surface area contributed by atoms with Crippen molar-refractivity contribution in [3.8, 4) is 5.75 Å². The molecule has 1 fully saturated rings. The zero-order valence-electron chi connectivity index (χ0n) is 13.6. The Labute approximate surface area is 163 Å². The van der Waals surface area contributed by atoms with Crippen LogP contribution in [-0.2, 0) is 17.8 Å². The van der Waals surface area contributed by atoms with E-state index in [-0.39, 0.29) is 6.42 Å². The van der Waals surface area contributed by atoms with Gasteiger partial charge in [-0.3, -0.25) is 4.79 Å². The van der Waals surface area contributed by atoms with Gasteiger partial charge in [0.25, 0.3) is 0 Å². The third-order valence-corrected chi connectivity index (χ3v) is 5.12. The molecule has 0 bridgehead atoms. The molecule has 0 radical (unpaired) electrons. The van der Waals surface area contributed by atoms with Gasteiger partial charge in [-0.15, -0.1) is 0 Å². The number of carbonyl (C=O) groups is 1. The summed E-state index contributed by atoms with van der Waals surface area (Å²) in [6.45, 7) is 0.464. The summed E-state index contributed by atoms with van der Waals surface area (Å²) in [5, 5.41) is 12.3. The van der Waals surface area contributed by atoms with Gasteiger partial charge in [-0.2, -0.15) is 0 Å². The number of benzene rings is 2. The van der Waals surface area contributed by atoms with E-state index in [2.05, 4.69) is 49.3 Å². The molecule has 0 unspecified atom stereocenters. The van der Waals surface area contributed by atoms with E-state index in [0.29, 0.717) is 19.1 Å². The zero-order chi connectivity index (χ0) is 17.8. The van der Waals surface area contributed by atoms with Crippen LogP contribution in [0, 0.1) is 0 Å². The summed E-state index contributed by atoms with van der Waals surface area (Å²) in [6.07, 6.45) is 3.09. The van der Waals surface area contributed by atoms with Gasteiger partial charge in [-0.05, 0) is 86.5 Å². The topological polar surface area (TPSA) is 58.6 Å². The van der Waals surface area contributed by atoms with Crippen molar-refractivity contribution in [1.82, 2.24) is 0 Å². The van der Waals surface area contributed by atoms with Crippen molar-refractivity contribution < 1.29 is 14.6 Å². The quantitative estimate of drug-likeness (QED) is 0.545. The average Bonchev–Trinajstić information content (AvgIpc) is 3.36. The predicted octanol–water partition coefficient (Wildman–Crippen LogP) is 5.38. The van der Waals surface area contributed by atoms with Crippen LogP contribution in [0.3, 0.4) is 0 Å². The van der Waals surface area contributed by atoms with Crippen molar-refractivity contribution in [3.05, 3.63) is 56.5 Å². The summed E-state index contributed by atoms with van der Waals surface area (Å²) < 4.78 is 7.60. The molecular formula is C19H19Br2NO3. The van der Waals surface area contributed by atoms with Gasteiger partial charge >= 0.3 is 5.97 Å². The van der Waals surface area contributed by atoms with Crippen LogP contribution in [0.2, 0.25) is 0 Å². The monoisotopic (exact) mass is 467 g/mol. The van der Waals surface area contributed by atoms with E-state index < -0.39 is 5.97 Å². The van der Waals surface area contributed by atoms with Crippen molar-refractivity contribution in [2.24, 2.45) is 0 Å². The van der Waals surface area contributed by atoms with Crippen molar-refractivity contribution in [2.45, 2.75) is 38.3 Å². The summed E-state index contributed by atoms with van der Waals surface area (Å²) in [5.41, 5.74) is 3.18. The van der Waals surface area contributed by atoms with Gasteiger partial charge in [0.15, 0.2) is 0 Å². The minimum atomic E-state index is -0.799. The molecule has 0 spiro atoms. The standard InChI is InChI=1S/C19H19Br2NO3/c20-16-9-12(4-7-18(23)24)10-17(21)19(16)25-11-13-2-1-3-15(8-13)22-14-5-6-14/h1-3,8-10,14,22H,4-7,11H2,(H,23,24). The normalized spacial score (nSPS) is 13.5. The number of halogens is 2. The second kappa shape index (κ2) is 8.23. The Morgan fingerprint density at radius 3 is 2.52 bits per heavy atom. The van der Waals surface area contributed by atoms with Crippen LogP contribution in [-0.4, -0.2) is 17.1 Å². The molecule has 1 aliphatic carbocycles. The molecule has 25 heavy (non-hydrogen) atoms. The van der Waals surface area contributed by atoms with E-state index in [0.717, 1.165) is 31.5 Å². The molecular weight excluding hydrogens is 450 g/mol. The number of hydrogen-bond acceptors (Lipinski definition) is 3. The fourth-order valence-corrected chi connectivity index (χ4v) is 4.03. The molecule has 0 aliphatic heterocycles. The maximum atomic E-state index is 10.7. The smallest absolute Gasteiger partial charge is 0.303 e. The van der Waals surface area contributed by atoms with Crippen LogP contribution >= 0.6 is 31.9 Å². The number of hydrogen-bond donors (Lipinski definition) is 2. The zero-order valence-corrected chi connectivity index (χ0v) is 16.8. The molecule has 2 aromatic carbocycles. The van der Waals surface area contributed by atoms with Crippen molar-refractivity contribution in [2.75, 3.05) is 5.32 Å². The SMILES string of the molecule is O=C(O)CCc1cc(Br)c(OCc2cccc(NC3CC3)c2)c(Br)c1. The lowest BCUT2D eigenvalue weighted by Gasteiger charge is -2.13. The molecule has 0 amide bonds. The number of carboxylic acid groups (broad SMARTS) is 1. The van der Waals surface area contributed by atoms with Crippen molar-refractivity contribution in [3.63, 3.8) is 0 Å². The Hall–Kier alpha value is -1.53. The lowest BCUT2D eigenvalue weighted by molar-refractivity contribution is -0.136. The molecule has 1 saturated carbocycles. The Morgan fingerprint density at radius 1 is 1.16 bits per heavy atom. The van der Waals surface area contributed by atoms with Gasteiger partial charge in [0.1, 0.15) is 12.4 Å². The van der Waals surface area contributed by atoms with Crippen LogP contribution in [0.5, 0.6) is 5.75 Å². The maximum absolute atomic E-state index is 10.7. The Kier molecular flexibility index (Phi) is 6.02. The highest BCUT2D eigenvalue weighted by Gasteiger charge is 2.20. The number of carboxylic acids is 1. The fraction of sp³-hybridized carbons (Fsp3) is 0.316. The molecule has 4 nitrogen and oxygen atoms in total. The average molecular weight is 469 g/mol. The number of aliphatic carboxylic acids is 1. The maximum Gasteiger partial charge on any atom is 0.303 e. The van der Waals surface area contributed by atoms with Crippen LogP contribution in [0.25, 0.3) is 0 Å². The van der Waals surface area contributed by atoms with Gasteiger partial charge in [0.05, 0.1) is 8.95 Å². The largest absolute Gasteiger partial charge is 0.487 e. The number of nitrogens with one attached hydrogen (secondary N) is 1. The second-order valence-corrected chi connectivity index (χ2v) is 7.90.